The zero-order valence-electron chi connectivity index (χ0n) is 15.5. The second kappa shape index (κ2) is 7.49. The van der Waals surface area contributed by atoms with Crippen molar-refractivity contribution in [1.82, 2.24) is 0 Å². The van der Waals surface area contributed by atoms with Crippen LogP contribution in [-0.2, 0) is 0 Å². The van der Waals surface area contributed by atoms with Crippen LogP contribution in [0.2, 0.25) is 0 Å². The van der Waals surface area contributed by atoms with Crippen LogP contribution in [0.5, 0.6) is 5.75 Å². The quantitative estimate of drug-likeness (QED) is 0.372. The van der Waals surface area contributed by atoms with Crippen molar-refractivity contribution in [3.05, 3.63) is 66.7 Å². The number of nitrogens with one attached hydrogen (secondary N) is 2. The van der Waals surface area contributed by atoms with Crippen molar-refractivity contribution in [2.24, 2.45) is 0 Å². The first-order valence-electron chi connectivity index (χ1n) is 9.19. The van der Waals surface area contributed by atoms with E-state index in [1.165, 1.54) is 42.7 Å². The van der Waals surface area contributed by atoms with Gasteiger partial charge in [0.05, 0.1) is 24.6 Å². The monoisotopic (exact) mass is 404 g/mol. The van der Waals surface area contributed by atoms with Crippen molar-refractivity contribution in [3.63, 3.8) is 0 Å². The number of benzene rings is 4. The summed E-state index contributed by atoms with van der Waals surface area (Å²) < 4.78 is 5.41. The molecule has 2 heterocycles. The van der Waals surface area contributed by atoms with E-state index in [1.807, 2.05) is 29.6 Å². The van der Waals surface area contributed by atoms with E-state index < -0.39 is 0 Å². The Morgan fingerprint density at radius 2 is 1.43 bits per heavy atom. The fourth-order valence-corrected chi connectivity index (χ4v) is 5.41. The van der Waals surface area contributed by atoms with E-state index in [2.05, 4.69) is 71.3 Å². The molecular weight excluding hydrogens is 384 g/mol. The molecule has 0 bridgehead atoms. The van der Waals surface area contributed by atoms with Gasteiger partial charge in [-0.1, -0.05) is 48.5 Å². The van der Waals surface area contributed by atoms with Crippen LogP contribution in [0, 0.1) is 0 Å². The molecule has 6 rings (SSSR count). The normalized spacial score (nSPS) is 13.9. The van der Waals surface area contributed by atoms with E-state index >= 15 is 0 Å². The molecule has 28 heavy (non-hydrogen) atoms. The van der Waals surface area contributed by atoms with E-state index in [4.69, 9.17) is 4.74 Å². The molecule has 0 saturated heterocycles. The maximum absolute atomic E-state index is 5.41. The number of hydrogen-bond donors (Lipinski definition) is 2. The van der Waals surface area contributed by atoms with Crippen LogP contribution in [0.1, 0.15) is 0 Å². The summed E-state index contributed by atoms with van der Waals surface area (Å²) in [6, 6.07) is 23.4. The van der Waals surface area contributed by atoms with Gasteiger partial charge in [0.1, 0.15) is 5.75 Å². The van der Waals surface area contributed by atoms with Crippen molar-refractivity contribution < 1.29 is 4.74 Å². The van der Waals surface area contributed by atoms with Crippen molar-refractivity contribution in [3.8, 4) is 5.75 Å². The highest BCUT2D eigenvalue weighted by molar-refractivity contribution is 8.00. The lowest BCUT2D eigenvalue weighted by atomic mass is 10.1. The maximum Gasteiger partial charge on any atom is 0.127 e. The van der Waals surface area contributed by atoms with Crippen molar-refractivity contribution in [1.29, 1.82) is 0 Å². The Bertz CT molecular complexity index is 1130. The van der Waals surface area contributed by atoms with E-state index in [0.717, 1.165) is 17.5 Å². The van der Waals surface area contributed by atoms with Gasteiger partial charge in [-0.15, -0.1) is 23.5 Å². The molecule has 0 spiro atoms. The van der Waals surface area contributed by atoms with Crippen LogP contribution in [0.4, 0.5) is 11.4 Å². The molecule has 4 aromatic carbocycles. The Kier molecular flexibility index (Phi) is 4.71. The van der Waals surface area contributed by atoms with Gasteiger partial charge in [0.25, 0.3) is 0 Å². The lowest BCUT2D eigenvalue weighted by Crippen LogP contribution is -1.91. The fourth-order valence-electron chi connectivity index (χ4n) is 3.64. The molecule has 2 N–H and O–H groups in total. The second-order valence-electron chi connectivity index (χ2n) is 6.62. The third-order valence-electron chi connectivity index (χ3n) is 5.01. The number of ether oxygens (including phenoxy) is 1. The first-order valence-corrected chi connectivity index (χ1v) is 11.2. The lowest BCUT2D eigenvalue weighted by molar-refractivity contribution is 0.419. The maximum atomic E-state index is 5.41. The summed E-state index contributed by atoms with van der Waals surface area (Å²) in [7, 11) is 1.72. The minimum absolute atomic E-state index is 0.951. The lowest BCUT2D eigenvalue weighted by Gasteiger charge is -2.09. The number of anilines is 2. The third-order valence-corrected chi connectivity index (χ3v) is 6.86. The highest BCUT2D eigenvalue weighted by Crippen LogP contribution is 2.43. The van der Waals surface area contributed by atoms with Crippen LogP contribution in [0.25, 0.3) is 21.5 Å². The number of fused-ring (bicyclic) bond motifs is 5. The topological polar surface area (TPSA) is 33.3 Å². The van der Waals surface area contributed by atoms with Crippen LogP contribution < -0.4 is 15.4 Å². The summed E-state index contributed by atoms with van der Waals surface area (Å²) in [5.74, 6) is 2.92. The summed E-state index contributed by atoms with van der Waals surface area (Å²) in [5.41, 5.74) is 2.53. The van der Waals surface area contributed by atoms with Gasteiger partial charge in [0.15, 0.2) is 0 Å². The predicted molar refractivity (Wildman–Crippen MR) is 123 cm³/mol. The SMILES string of the molecule is COc1cc2c(c3ccccc13)NCS2.c1ccc2cc3c(cc2c1)NCS3. The van der Waals surface area contributed by atoms with Gasteiger partial charge in [-0.25, -0.2) is 0 Å². The molecule has 0 amide bonds. The van der Waals surface area contributed by atoms with Crippen molar-refractivity contribution in [2.75, 3.05) is 29.5 Å². The predicted octanol–water partition coefficient (Wildman–Crippen LogP) is 6.64. The standard InChI is InChI=1S/C12H11NOS.C11H9NS/c1-14-10-6-11-12(13-7-15-11)9-5-3-2-4-8(9)10;1-2-4-9-6-11-10(12-7-13-11)5-8(9)3-1/h2-6,13H,7H2,1H3;1-6,12H,7H2. The second-order valence-corrected chi connectivity index (χ2v) is 8.66. The highest BCUT2D eigenvalue weighted by atomic mass is 32.2. The first kappa shape index (κ1) is 17.6. The van der Waals surface area contributed by atoms with Gasteiger partial charge in [0.2, 0.25) is 0 Å². The average molecular weight is 405 g/mol. The molecule has 2 aliphatic rings. The van der Waals surface area contributed by atoms with E-state index in [0.29, 0.717) is 0 Å². The van der Waals surface area contributed by atoms with E-state index in [-0.39, 0.29) is 0 Å². The van der Waals surface area contributed by atoms with Crippen LogP contribution in [-0.4, -0.2) is 18.9 Å². The molecule has 4 aromatic rings. The summed E-state index contributed by atoms with van der Waals surface area (Å²) in [4.78, 5) is 2.66. The van der Waals surface area contributed by atoms with E-state index in [1.54, 1.807) is 7.11 Å². The van der Waals surface area contributed by atoms with Gasteiger partial charge < -0.3 is 15.4 Å². The third kappa shape index (κ3) is 3.15. The molecule has 0 fully saturated rings. The molecule has 140 valence electrons. The van der Waals surface area contributed by atoms with Crippen LogP contribution in [0.15, 0.2) is 76.5 Å². The molecule has 0 aliphatic carbocycles. The fraction of sp³-hybridized carbons (Fsp3) is 0.130. The average Bonchev–Trinajstić information content (AvgIpc) is 3.40. The number of methoxy groups -OCH3 is 1. The molecule has 2 aliphatic heterocycles. The van der Waals surface area contributed by atoms with Gasteiger partial charge in [0, 0.05) is 26.3 Å². The van der Waals surface area contributed by atoms with Crippen LogP contribution in [0.3, 0.4) is 0 Å². The highest BCUT2D eigenvalue weighted by Gasteiger charge is 2.16. The Morgan fingerprint density at radius 3 is 2.25 bits per heavy atom. The van der Waals surface area contributed by atoms with Gasteiger partial charge in [-0.2, -0.15) is 0 Å². The van der Waals surface area contributed by atoms with Crippen LogP contribution >= 0.6 is 23.5 Å². The molecule has 0 unspecified atom stereocenters. The minimum Gasteiger partial charge on any atom is -0.496 e. The van der Waals surface area contributed by atoms with Gasteiger partial charge in [-0.05, 0) is 29.0 Å². The van der Waals surface area contributed by atoms with Crippen molar-refractivity contribution >= 4 is 56.4 Å². The number of rotatable bonds is 1. The minimum atomic E-state index is 0.951. The first-order chi connectivity index (χ1) is 13.8. The molecular formula is C23H20N2OS2. The zero-order chi connectivity index (χ0) is 18.9. The summed E-state index contributed by atoms with van der Waals surface area (Å²) in [6.45, 7) is 0. The molecule has 0 atom stereocenters. The van der Waals surface area contributed by atoms with Gasteiger partial charge >= 0.3 is 0 Å². The number of hydrogen-bond acceptors (Lipinski definition) is 5. The molecule has 3 nitrogen and oxygen atoms in total. The molecule has 5 heteroatoms. The van der Waals surface area contributed by atoms with Gasteiger partial charge in [-0.3, -0.25) is 0 Å². The largest absolute Gasteiger partial charge is 0.496 e. The summed E-state index contributed by atoms with van der Waals surface area (Å²) >= 11 is 3.69. The Balaban J connectivity index is 0.000000123. The molecule has 0 saturated carbocycles. The van der Waals surface area contributed by atoms with E-state index in [9.17, 15) is 0 Å². The number of thioether (sulfide) groups is 2. The molecule has 0 radical (unpaired) electrons. The Morgan fingerprint density at radius 1 is 0.750 bits per heavy atom. The van der Waals surface area contributed by atoms with Crippen molar-refractivity contribution in [2.45, 2.75) is 9.79 Å². The summed E-state index contributed by atoms with van der Waals surface area (Å²) in [5, 5.41) is 11.8. The molecule has 0 aromatic heterocycles. The summed E-state index contributed by atoms with van der Waals surface area (Å²) in [6.07, 6.45) is 0. The Hall–Kier alpha value is -2.50. The smallest absolute Gasteiger partial charge is 0.127 e. The Labute approximate surface area is 172 Å². The zero-order valence-corrected chi connectivity index (χ0v) is 17.1.